The van der Waals surface area contributed by atoms with Crippen molar-refractivity contribution in [2.24, 2.45) is 5.92 Å². The summed E-state index contributed by atoms with van der Waals surface area (Å²) in [4.78, 5) is 22.7. The summed E-state index contributed by atoms with van der Waals surface area (Å²) >= 11 is 0. The number of aromatic nitrogens is 2. The molecular weight excluding hydrogens is 224 g/mol. The number of nitrogen functional groups attached to an aromatic ring is 1. The molecule has 0 aliphatic heterocycles. The van der Waals surface area contributed by atoms with Gasteiger partial charge in [-0.05, 0) is 12.3 Å². The van der Waals surface area contributed by atoms with E-state index in [2.05, 4.69) is 15.5 Å². The molecule has 0 saturated carbocycles. The number of hydrogen-bond donors (Lipinski definition) is 4. The Hall–Kier alpha value is -2.05. The number of rotatable bonds is 5. The smallest absolute Gasteiger partial charge is 0.326 e. The van der Waals surface area contributed by atoms with Gasteiger partial charge in [0.25, 0.3) is 5.91 Å². The van der Waals surface area contributed by atoms with Crippen molar-refractivity contribution in [2.45, 2.75) is 26.3 Å². The van der Waals surface area contributed by atoms with E-state index in [4.69, 9.17) is 10.8 Å². The zero-order valence-corrected chi connectivity index (χ0v) is 9.73. The monoisotopic (exact) mass is 240 g/mol. The third kappa shape index (κ3) is 3.47. The van der Waals surface area contributed by atoms with Crippen LogP contribution >= 0.6 is 0 Å². The van der Waals surface area contributed by atoms with Gasteiger partial charge in [-0.3, -0.25) is 9.89 Å². The minimum Gasteiger partial charge on any atom is -0.480 e. The average molecular weight is 240 g/mol. The molecule has 1 rings (SSSR count). The van der Waals surface area contributed by atoms with Crippen LogP contribution in [0.15, 0.2) is 6.20 Å². The van der Waals surface area contributed by atoms with Crippen molar-refractivity contribution in [3.8, 4) is 0 Å². The molecule has 0 aromatic carbocycles. The Balaban J connectivity index is 2.71. The maximum absolute atomic E-state index is 11.7. The number of amides is 1. The number of nitrogens with two attached hydrogens (primary N) is 1. The summed E-state index contributed by atoms with van der Waals surface area (Å²) in [5.41, 5.74) is 5.62. The summed E-state index contributed by atoms with van der Waals surface area (Å²) < 4.78 is 0. The van der Waals surface area contributed by atoms with Gasteiger partial charge in [-0.15, -0.1) is 0 Å². The largest absolute Gasteiger partial charge is 0.480 e. The zero-order chi connectivity index (χ0) is 13.0. The first-order valence-electron chi connectivity index (χ1n) is 5.24. The van der Waals surface area contributed by atoms with Crippen molar-refractivity contribution in [2.75, 3.05) is 5.73 Å². The van der Waals surface area contributed by atoms with Crippen LogP contribution in [0.1, 0.15) is 30.6 Å². The number of H-pyrrole nitrogens is 1. The maximum Gasteiger partial charge on any atom is 0.326 e. The number of nitrogens with zero attached hydrogens (tertiary/aromatic N) is 1. The molecule has 0 saturated heterocycles. The van der Waals surface area contributed by atoms with Crippen LogP contribution in [0.25, 0.3) is 0 Å². The number of carboxylic acid groups (broad SMARTS) is 1. The molecular formula is C10H16N4O3. The number of nitrogens with one attached hydrogen (secondary N) is 2. The highest BCUT2D eigenvalue weighted by molar-refractivity contribution is 5.99. The average Bonchev–Trinajstić information content (AvgIpc) is 2.62. The molecule has 1 amide bonds. The SMILES string of the molecule is CC(C)CC(NC(=O)c1cn[nH]c1N)C(=O)O. The molecule has 17 heavy (non-hydrogen) atoms. The summed E-state index contributed by atoms with van der Waals surface area (Å²) in [6, 6.07) is -0.920. The van der Waals surface area contributed by atoms with Gasteiger partial charge in [0.2, 0.25) is 0 Å². The molecule has 0 radical (unpaired) electrons. The Kier molecular flexibility index (Phi) is 4.08. The van der Waals surface area contributed by atoms with Gasteiger partial charge in [-0.1, -0.05) is 13.8 Å². The predicted octanol–water partition coefficient (Wildman–Crippen LogP) is 0.221. The third-order valence-corrected chi connectivity index (χ3v) is 2.22. The molecule has 1 heterocycles. The van der Waals surface area contributed by atoms with Crippen LogP contribution in [0.4, 0.5) is 5.82 Å². The van der Waals surface area contributed by atoms with Crippen LogP contribution in [-0.2, 0) is 4.79 Å². The second-order valence-electron chi connectivity index (χ2n) is 4.19. The molecule has 7 heteroatoms. The maximum atomic E-state index is 11.7. The van der Waals surface area contributed by atoms with E-state index >= 15 is 0 Å². The van der Waals surface area contributed by atoms with Gasteiger partial charge in [-0.25, -0.2) is 4.79 Å². The summed E-state index contributed by atoms with van der Waals surface area (Å²) in [6.45, 7) is 3.77. The second kappa shape index (κ2) is 5.33. The number of carboxylic acids is 1. The molecule has 0 spiro atoms. The molecule has 1 unspecified atom stereocenters. The molecule has 94 valence electrons. The molecule has 5 N–H and O–H groups in total. The normalized spacial score (nSPS) is 12.4. The minimum absolute atomic E-state index is 0.121. The Morgan fingerprint density at radius 1 is 1.59 bits per heavy atom. The molecule has 0 aliphatic carbocycles. The fraction of sp³-hybridized carbons (Fsp3) is 0.500. The van der Waals surface area contributed by atoms with E-state index in [1.165, 1.54) is 6.20 Å². The van der Waals surface area contributed by atoms with E-state index in [0.29, 0.717) is 6.42 Å². The Labute approximate surface area is 98.4 Å². The lowest BCUT2D eigenvalue weighted by molar-refractivity contribution is -0.139. The molecule has 0 bridgehead atoms. The molecule has 1 aromatic rings. The first-order valence-corrected chi connectivity index (χ1v) is 5.24. The number of hydrogen-bond acceptors (Lipinski definition) is 4. The van der Waals surface area contributed by atoms with Crippen molar-refractivity contribution >= 4 is 17.7 Å². The fourth-order valence-corrected chi connectivity index (χ4v) is 1.41. The van der Waals surface area contributed by atoms with Crippen LogP contribution < -0.4 is 11.1 Å². The van der Waals surface area contributed by atoms with Crippen molar-refractivity contribution in [1.29, 1.82) is 0 Å². The third-order valence-electron chi connectivity index (χ3n) is 2.22. The number of aliphatic carboxylic acids is 1. The lowest BCUT2D eigenvalue weighted by Gasteiger charge is -2.15. The van der Waals surface area contributed by atoms with Gasteiger partial charge in [0.15, 0.2) is 0 Å². The standard InChI is InChI=1S/C10H16N4O3/c1-5(2)3-7(10(16)17)13-9(15)6-4-12-14-8(6)11/h4-5,7H,3H2,1-2H3,(H,13,15)(H,16,17)(H3,11,12,14). The van der Waals surface area contributed by atoms with Crippen LogP contribution in [-0.4, -0.2) is 33.2 Å². The van der Waals surface area contributed by atoms with Crippen LogP contribution in [0.5, 0.6) is 0 Å². The van der Waals surface area contributed by atoms with Crippen LogP contribution in [0, 0.1) is 5.92 Å². The van der Waals surface area contributed by atoms with Gasteiger partial charge < -0.3 is 16.2 Å². The quantitative estimate of drug-likeness (QED) is 0.586. The van der Waals surface area contributed by atoms with Crippen molar-refractivity contribution in [3.63, 3.8) is 0 Å². The fourth-order valence-electron chi connectivity index (χ4n) is 1.41. The summed E-state index contributed by atoms with van der Waals surface area (Å²) in [7, 11) is 0. The molecule has 1 aromatic heterocycles. The van der Waals surface area contributed by atoms with Gasteiger partial charge in [0.1, 0.15) is 17.4 Å². The summed E-state index contributed by atoms with van der Waals surface area (Å²) in [5.74, 6) is -1.31. The predicted molar refractivity (Wildman–Crippen MR) is 61.3 cm³/mol. The van der Waals surface area contributed by atoms with Gasteiger partial charge in [0, 0.05) is 0 Å². The van der Waals surface area contributed by atoms with Gasteiger partial charge >= 0.3 is 5.97 Å². The highest BCUT2D eigenvalue weighted by atomic mass is 16.4. The number of carbonyl (C=O) groups is 2. The van der Waals surface area contributed by atoms with Crippen LogP contribution in [0.3, 0.4) is 0 Å². The summed E-state index contributed by atoms with van der Waals surface area (Å²) in [5, 5.41) is 17.4. The molecule has 0 aliphatic rings. The minimum atomic E-state index is -1.06. The van der Waals surface area contributed by atoms with Crippen molar-refractivity contribution < 1.29 is 14.7 Å². The van der Waals surface area contributed by atoms with Gasteiger partial charge in [0.05, 0.1) is 6.20 Å². The number of aromatic amines is 1. The van der Waals surface area contributed by atoms with Crippen molar-refractivity contribution in [1.82, 2.24) is 15.5 Å². The molecule has 0 fully saturated rings. The van der Waals surface area contributed by atoms with Crippen LogP contribution in [0.2, 0.25) is 0 Å². The van der Waals surface area contributed by atoms with E-state index in [-0.39, 0.29) is 17.3 Å². The topological polar surface area (TPSA) is 121 Å². The van der Waals surface area contributed by atoms with E-state index in [1.54, 1.807) is 0 Å². The van der Waals surface area contributed by atoms with E-state index in [1.807, 2.05) is 13.8 Å². The molecule has 7 nitrogen and oxygen atoms in total. The lowest BCUT2D eigenvalue weighted by atomic mass is 10.0. The summed E-state index contributed by atoms with van der Waals surface area (Å²) in [6.07, 6.45) is 1.62. The lowest BCUT2D eigenvalue weighted by Crippen LogP contribution is -2.41. The number of carbonyl (C=O) groups excluding carboxylic acids is 1. The Morgan fingerprint density at radius 2 is 2.24 bits per heavy atom. The van der Waals surface area contributed by atoms with Crippen molar-refractivity contribution in [3.05, 3.63) is 11.8 Å². The first-order chi connectivity index (χ1) is 7.91. The second-order valence-corrected chi connectivity index (χ2v) is 4.19. The Bertz CT molecular complexity index is 413. The zero-order valence-electron chi connectivity index (χ0n) is 9.73. The highest BCUT2D eigenvalue weighted by Gasteiger charge is 2.23. The molecule has 1 atom stereocenters. The van der Waals surface area contributed by atoms with E-state index in [0.717, 1.165) is 0 Å². The Morgan fingerprint density at radius 3 is 2.65 bits per heavy atom. The highest BCUT2D eigenvalue weighted by Crippen LogP contribution is 2.09. The van der Waals surface area contributed by atoms with E-state index in [9.17, 15) is 9.59 Å². The van der Waals surface area contributed by atoms with E-state index < -0.39 is 17.9 Å². The van der Waals surface area contributed by atoms with Gasteiger partial charge in [-0.2, -0.15) is 5.10 Å². The number of anilines is 1. The first kappa shape index (κ1) is 13.0.